The summed E-state index contributed by atoms with van der Waals surface area (Å²) in [7, 11) is 0. The van der Waals surface area contributed by atoms with Gasteiger partial charge in [-0.25, -0.2) is 9.78 Å². The number of hydrogen-bond acceptors (Lipinski definition) is 4. The van der Waals surface area contributed by atoms with Crippen molar-refractivity contribution in [2.75, 3.05) is 37.6 Å². The standard InChI is InChI=1S/C20H25F3N4OS/c1-14(2)18-25-16(13-29-18)6-7-24-19(28)27-10-8-26(9-11-27)17-5-3-4-15(12-17)20(21,22)23/h3-5,12-14H,6-11H2,1-2H3,(H,24,28). The lowest BCUT2D eigenvalue weighted by Crippen LogP contribution is -2.52. The van der Waals surface area contributed by atoms with E-state index in [2.05, 4.69) is 24.1 Å². The zero-order valence-electron chi connectivity index (χ0n) is 16.5. The van der Waals surface area contributed by atoms with Gasteiger partial charge in [0.2, 0.25) is 0 Å². The predicted molar refractivity (Wildman–Crippen MR) is 109 cm³/mol. The molecule has 2 aromatic rings. The molecule has 0 atom stereocenters. The Bertz CT molecular complexity index is 829. The van der Waals surface area contributed by atoms with Crippen molar-refractivity contribution in [3.05, 3.63) is 45.9 Å². The smallest absolute Gasteiger partial charge is 0.368 e. The first-order chi connectivity index (χ1) is 13.7. The van der Waals surface area contributed by atoms with Crippen LogP contribution in [-0.2, 0) is 12.6 Å². The Balaban J connectivity index is 1.46. The fraction of sp³-hybridized carbons (Fsp3) is 0.500. The lowest BCUT2D eigenvalue weighted by atomic mass is 10.1. The Morgan fingerprint density at radius 1 is 1.24 bits per heavy atom. The molecule has 1 fully saturated rings. The SMILES string of the molecule is CC(C)c1nc(CCNC(=O)N2CCN(c3cccc(C(F)(F)F)c3)CC2)cs1. The molecule has 1 N–H and O–H groups in total. The van der Waals surface area contributed by atoms with Gasteiger partial charge in [0.05, 0.1) is 16.3 Å². The molecule has 2 heterocycles. The molecule has 1 saturated heterocycles. The highest BCUT2D eigenvalue weighted by Gasteiger charge is 2.31. The van der Waals surface area contributed by atoms with Crippen molar-refractivity contribution in [3.8, 4) is 0 Å². The zero-order chi connectivity index (χ0) is 21.0. The van der Waals surface area contributed by atoms with Gasteiger partial charge in [-0.05, 0) is 18.2 Å². The van der Waals surface area contributed by atoms with E-state index in [1.165, 1.54) is 6.07 Å². The van der Waals surface area contributed by atoms with Gasteiger partial charge < -0.3 is 15.1 Å². The molecule has 0 saturated carbocycles. The molecule has 0 unspecified atom stereocenters. The monoisotopic (exact) mass is 426 g/mol. The normalized spacial score (nSPS) is 15.1. The number of hydrogen-bond donors (Lipinski definition) is 1. The van der Waals surface area contributed by atoms with Gasteiger partial charge in [-0.15, -0.1) is 11.3 Å². The molecule has 29 heavy (non-hydrogen) atoms. The van der Waals surface area contributed by atoms with Gasteiger partial charge in [-0.3, -0.25) is 0 Å². The summed E-state index contributed by atoms with van der Waals surface area (Å²) in [5.41, 5.74) is 0.857. The van der Waals surface area contributed by atoms with Crippen LogP contribution in [0.15, 0.2) is 29.6 Å². The van der Waals surface area contributed by atoms with Gasteiger partial charge in [0.15, 0.2) is 0 Å². The highest BCUT2D eigenvalue weighted by atomic mass is 32.1. The Hall–Kier alpha value is -2.29. The molecule has 1 aromatic carbocycles. The topological polar surface area (TPSA) is 48.5 Å². The van der Waals surface area contributed by atoms with E-state index >= 15 is 0 Å². The van der Waals surface area contributed by atoms with Crippen molar-refractivity contribution in [1.82, 2.24) is 15.2 Å². The fourth-order valence-electron chi connectivity index (χ4n) is 3.16. The van der Waals surface area contributed by atoms with Crippen molar-refractivity contribution in [3.63, 3.8) is 0 Å². The fourth-order valence-corrected chi connectivity index (χ4v) is 4.03. The highest BCUT2D eigenvalue weighted by Crippen LogP contribution is 2.31. The van der Waals surface area contributed by atoms with Gasteiger partial charge >= 0.3 is 12.2 Å². The lowest BCUT2D eigenvalue weighted by Gasteiger charge is -2.36. The van der Waals surface area contributed by atoms with E-state index in [4.69, 9.17) is 0 Å². The summed E-state index contributed by atoms with van der Waals surface area (Å²) < 4.78 is 38.7. The van der Waals surface area contributed by atoms with Crippen LogP contribution in [0.2, 0.25) is 0 Å². The lowest BCUT2D eigenvalue weighted by molar-refractivity contribution is -0.137. The third-order valence-electron chi connectivity index (χ3n) is 4.83. The predicted octanol–water partition coefficient (Wildman–Crippen LogP) is 4.36. The highest BCUT2D eigenvalue weighted by molar-refractivity contribution is 7.09. The summed E-state index contributed by atoms with van der Waals surface area (Å²) in [4.78, 5) is 20.5. The van der Waals surface area contributed by atoms with Crippen LogP contribution in [0.25, 0.3) is 0 Å². The van der Waals surface area contributed by atoms with E-state index < -0.39 is 11.7 Å². The Labute approximate surface area is 172 Å². The molecule has 3 rings (SSSR count). The number of rotatable bonds is 5. The van der Waals surface area contributed by atoms with Gasteiger partial charge in [0.1, 0.15) is 0 Å². The summed E-state index contributed by atoms with van der Waals surface area (Å²) in [6, 6.07) is 5.17. The molecule has 5 nitrogen and oxygen atoms in total. The van der Waals surface area contributed by atoms with E-state index in [1.807, 2.05) is 10.3 Å². The molecule has 1 aromatic heterocycles. The number of nitrogens with one attached hydrogen (secondary N) is 1. The Kier molecular flexibility index (Phi) is 6.66. The maximum Gasteiger partial charge on any atom is 0.416 e. The Morgan fingerprint density at radius 3 is 2.59 bits per heavy atom. The second kappa shape index (κ2) is 9.02. The van der Waals surface area contributed by atoms with Crippen molar-refractivity contribution in [2.45, 2.75) is 32.4 Å². The first-order valence-electron chi connectivity index (χ1n) is 9.63. The zero-order valence-corrected chi connectivity index (χ0v) is 17.3. The largest absolute Gasteiger partial charge is 0.416 e. The van der Waals surface area contributed by atoms with E-state index in [0.29, 0.717) is 50.7 Å². The number of alkyl halides is 3. The molecule has 0 aliphatic carbocycles. The number of amides is 2. The van der Waals surface area contributed by atoms with Crippen LogP contribution in [-0.4, -0.2) is 48.6 Å². The molecule has 2 amide bonds. The van der Waals surface area contributed by atoms with E-state index in [1.54, 1.807) is 22.3 Å². The molecule has 0 spiro atoms. The average Bonchev–Trinajstić information content (AvgIpc) is 3.17. The molecule has 0 bridgehead atoms. The number of anilines is 1. The average molecular weight is 427 g/mol. The second-order valence-corrected chi connectivity index (χ2v) is 8.23. The summed E-state index contributed by atoms with van der Waals surface area (Å²) in [6.07, 6.45) is -3.68. The maximum atomic E-state index is 12.9. The molecular weight excluding hydrogens is 401 g/mol. The number of piperazine rings is 1. The van der Waals surface area contributed by atoms with E-state index in [0.717, 1.165) is 22.8 Å². The van der Waals surface area contributed by atoms with Gasteiger partial charge in [0, 0.05) is 56.1 Å². The van der Waals surface area contributed by atoms with Gasteiger partial charge in [0.25, 0.3) is 0 Å². The summed E-state index contributed by atoms with van der Waals surface area (Å²) >= 11 is 1.63. The van der Waals surface area contributed by atoms with Crippen LogP contribution in [0.3, 0.4) is 0 Å². The minimum atomic E-state index is -4.36. The number of thiazole rings is 1. The quantitative estimate of drug-likeness (QED) is 0.773. The minimum Gasteiger partial charge on any atom is -0.368 e. The number of aromatic nitrogens is 1. The number of nitrogens with zero attached hydrogens (tertiary/aromatic N) is 3. The number of urea groups is 1. The maximum absolute atomic E-state index is 12.9. The number of halogens is 3. The van der Waals surface area contributed by atoms with Crippen LogP contribution in [0, 0.1) is 0 Å². The van der Waals surface area contributed by atoms with Crippen molar-refractivity contribution >= 4 is 23.1 Å². The first-order valence-corrected chi connectivity index (χ1v) is 10.5. The number of carbonyl (C=O) groups is 1. The van der Waals surface area contributed by atoms with Crippen LogP contribution in [0.1, 0.15) is 36.0 Å². The summed E-state index contributed by atoms with van der Waals surface area (Å²) in [5.74, 6) is 0.400. The van der Waals surface area contributed by atoms with Gasteiger partial charge in [-0.2, -0.15) is 13.2 Å². The molecular formula is C20H25F3N4OS. The van der Waals surface area contributed by atoms with Crippen LogP contribution < -0.4 is 10.2 Å². The van der Waals surface area contributed by atoms with Crippen LogP contribution in [0.4, 0.5) is 23.7 Å². The first kappa shape index (κ1) is 21.4. The van der Waals surface area contributed by atoms with Gasteiger partial charge in [-0.1, -0.05) is 19.9 Å². The van der Waals surface area contributed by atoms with E-state index in [9.17, 15) is 18.0 Å². The molecule has 9 heteroatoms. The van der Waals surface area contributed by atoms with Crippen molar-refractivity contribution in [2.24, 2.45) is 0 Å². The van der Waals surface area contributed by atoms with Crippen molar-refractivity contribution in [1.29, 1.82) is 0 Å². The molecule has 0 radical (unpaired) electrons. The van der Waals surface area contributed by atoms with Crippen LogP contribution in [0.5, 0.6) is 0 Å². The number of carbonyl (C=O) groups excluding carboxylic acids is 1. The minimum absolute atomic E-state index is 0.145. The molecule has 1 aliphatic rings. The van der Waals surface area contributed by atoms with E-state index in [-0.39, 0.29) is 6.03 Å². The van der Waals surface area contributed by atoms with Crippen LogP contribution >= 0.6 is 11.3 Å². The Morgan fingerprint density at radius 2 is 1.97 bits per heavy atom. The second-order valence-electron chi connectivity index (χ2n) is 7.34. The third-order valence-corrected chi connectivity index (χ3v) is 6.02. The number of benzene rings is 1. The third kappa shape index (κ3) is 5.62. The summed E-state index contributed by atoms with van der Waals surface area (Å²) in [6.45, 7) is 6.64. The summed E-state index contributed by atoms with van der Waals surface area (Å²) in [5, 5.41) is 6.02. The molecule has 158 valence electrons. The van der Waals surface area contributed by atoms with Crippen molar-refractivity contribution < 1.29 is 18.0 Å². The molecule has 1 aliphatic heterocycles.